The van der Waals surface area contributed by atoms with E-state index in [-0.39, 0.29) is 6.61 Å². The van der Waals surface area contributed by atoms with E-state index >= 15 is 0 Å². The van der Waals surface area contributed by atoms with Gasteiger partial charge in [0.1, 0.15) is 0 Å². The smallest absolute Gasteiger partial charge is 0.0991 e. The second-order valence-corrected chi connectivity index (χ2v) is 3.26. The van der Waals surface area contributed by atoms with Crippen LogP contribution in [0.15, 0.2) is 55.1 Å². The molecule has 0 bridgehead atoms. The highest BCUT2D eigenvalue weighted by molar-refractivity contribution is 5.83. The Kier molecular flexibility index (Phi) is 4.26. The molecule has 1 N–H and O–H groups in total. The van der Waals surface area contributed by atoms with E-state index in [1.807, 2.05) is 30.3 Å². The molecule has 1 aromatic rings. The van der Waals surface area contributed by atoms with E-state index in [4.69, 9.17) is 10.4 Å². The monoisotopic (exact) mass is 211 g/mol. The predicted octanol–water partition coefficient (Wildman–Crippen LogP) is 2.83. The van der Waals surface area contributed by atoms with Gasteiger partial charge in [0.25, 0.3) is 0 Å². The van der Waals surface area contributed by atoms with Crippen LogP contribution in [0, 0.1) is 11.3 Å². The highest BCUT2D eigenvalue weighted by atomic mass is 16.3. The van der Waals surface area contributed by atoms with Crippen molar-refractivity contribution in [3.05, 3.63) is 66.3 Å². The minimum atomic E-state index is 0.0139. The van der Waals surface area contributed by atoms with Crippen molar-refractivity contribution in [2.45, 2.75) is 6.61 Å². The molecular weight excluding hydrogens is 198 g/mol. The van der Waals surface area contributed by atoms with Gasteiger partial charge in [-0.15, -0.1) is 0 Å². The first-order chi connectivity index (χ1) is 7.72. The molecule has 0 aliphatic rings. The van der Waals surface area contributed by atoms with Gasteiger partial charge in [-0.05, 0) is 16.7 Å². The Bertz CT molecular complexity index is 461. The third-order valence-electron chi connectivity index (χ3n) is 2.19. The van der Waals surface area contributed by atoms with Gasteiger partial charge >= 0.3 is 0 Å². The van der Waals surface area contributed by atoms with Crippen molar-refractivity contribution >= 4 is 5.57 Å². The zero-order valence-corrected chi connectivity index (χ0v) is 8.98. The van der Waals surface area contributed by atoms with Gasteiger partial charge in [0, 0.05) is 0 Å². The fraction of sp³-hybridized carbons (Fsp3) is 0.0714. The van der Waals surface area contributed by atoms with Gasteiger partial charge in [-0.25, -0.2) is 0 Å². The number of rotatable bonds is 4. The van der Waals surface area contributed by atoms with Crippen LogP contribution in [0.3, 0.4) is 0 Å². The number of nitrogens with zero attached hydrogens (tertiary/aromatic N) is 1. The van der Waals surface area contributed by atoms with Crippen LogP contribution in [-0.2, 0) is 6.61 Å². The molecule has 0 atom stereocenters. The Balaban J connectivity index is 3.13. The lowest BCUT2D eigenvalue weighted by molar-refractivity contribution is 0.282. The van der Waals surface area contributed by atoms with Gasteiger partial charge < -0.3 is 5.11 Å². The number of hydrogen-bond donors (Lipinski definition) is 1. The minimum absolute atomic E-state index is 0.0139. The molecule has 0 saturated carbocycles. The Morgan fingerprint density at radius 2 is 2.00 bits per heavy atom. The van der Waals surface area contributed by atoms with Crippen molar-refractivity contribution in [1.82, 2.24) is 0 Å². The fourth-order valence-electron chi connectivity index (χ4n) is 1.34. The van der Waals surface area contributed by atoms with Crippen LogP contribution in [0.1, 0.15) is 11.1 Å². The van der Waals surface area contributed by atoms with Gasteiger partial charge in [0.15, 0.2) is 0 Å². The maximum atomic E-state index is 8.93. The van der Waals surface area contributed by atoms with Crippen molar-refractivity contribution in [2.24, 2.45) is 0 Å². The quantitative estimate of drug-likeness (QED) is 0.614. The SMILES string of the molecule is C=C/C=C(\C(=C)C#N)c1ccc(CO)cc1. The number of allylic oxidation sites excluding steroid dienone is 4. The van der Waals surface area contributed by atoms with E-state index in [2.05, 4.69) is 13.2 Å². The summed E-state index contributed by atoms with van der Waals surface area (Å²) >= 11 is 0. The molecule has 1 rings (SSSR count). The molecule has 0 saturated heterocycles. The van der Waals surface area contributed by atoms with Crippen LogP contribution < -0.4 is 0 Å². The van der Waals surface area contributed by atoms with Crippen LogP contribution in [0.2, 0.25) is 0 Å². The first-order valence-corrected chi connectivity index (χ1v) is 4.85. The van der Waals surface area contributed by atoms with Crippen molar-refractivity contribution in [2.75, 3.05) is 0 Å². The summed E-state index contributed by atoms with van der Waals surface area (Å²) in [5.74, 6) is 0. The van der Waals surface area contributed by atoms with Crippen molar-refractivity contribution in [3.8, 4) is 6.07 Å². The normalized spacial score (nSPS) is 10.6. The highest BCUT2D eigenvalue weighted by Gasteiger charge is 2.04. The maximum Gasteiger partial charge on any atom is 0.0991 e. The van der Waals surface area contributed by atoms with Crippen LogP contribution in [0.25, 0.3) is 5.57 Å². The third kappa shape index (κ3) is 2.69. The summed E-state index contributed by atoms with van der Waals surface area (Å²) in [6.07, 6.45) is 3.37. The molecule has 0 radical (unpaired) electrons. The molecule has 0 fully saturated rings. The van der Waals surface area contributed by atoms with E-state index in [0.29, 0.717) is 5.57 Å². The molecule has 1 aromatic carbocycles. The summed E-state index contributed by atoms with van der Waals surface area (Å²) in [6, 6.07) is 9.35. The second-order valence-electron chi connectivity index (χ2n) is 3.26. The molecule has 2 nitrogen and oxygen atoms in total. The summed E-state index contributed by atoms with van der Waals surface area (Å²) in [7, 11) is 0. The lowest BCUT2D eigenvalue weighted by atomic mass is 9.98. The number of hydrogen-bond acceptors (Lipinski definition) is 2. The van der Waals surface area contributed by atoms with Gasteiger partial charge in [-0.3, -0.25) is 0 Å². The summed E-state index contributed by atoms with van der Waals surface area (Å²) in [5, 5.41) is 17.8. The summed E-state index contributed by atoms with van der Waals surface area (Å²) in [5.41, 5.74) is 2.88. The standard InChI is InChI=1S/C14H13NO/c1-3-4-14(11(2)9-15)13-7-5-12(10-16)6-8-13/h3-8,16H,1-2,10H2/b14-4+. The van der Waals surface area contributed by atoms with Crippen molar-refractivity contribution < 1.29 is 5.11 Å². The molecule has 0 spiro atoms. The number of nitriles is 1. The molecule has 0 unspecified atom stereocenters. The zero-order valence-electron chi connectivity index (χ0n) is 8.98. The van der Waals surface area contributed by atoms with E-state index in [9.17, 15) is 0 Å². The topological polar surface area (TPSA) is 44.0 Å². The Hall–Kier alpha value is -2.11. The first kappa shape index (κ1) is 12.0. The third-order valence-corrected chi connectivity index (χ3v) is 2.19. The Morgan fingerprint density at radius 3 is 2.44 bits per heavy atom. The predicted molar refractivity (Wildman–Crippen MR) is 65.3 cm³/mol. The van der Waals surface area contributed by atoms with Gasteiger partial charge in [0.2, 0.25) is 0 Å². The molecule has 16 heavy (non-hydrogen) atoms. The molecular formula is C14H13NO. The average molecular weight is 211 g/mol. The summed E-state index contributed by atoms with van der Waals surface area (Å²) in [4.78, 5) is 0. The highest BCUT2D eigenvalue weighted by Crippen LogP contribution is 2.22. The van der Waals surface area contributed by atoms with Crippen molar-refractivity contribution in [1.29, 1.82) is 5.26 Å². The average Bonchev–Trinajstić information content (AvgIpc) is 2.35. The minimum Gasteiger partial charge on any atom is -0.392 e. The first-order valence-electron chi connectivity index (χ1n) is 4.85. The van der Waals surface area contributed by atoms with Gasteiger partial charge in [-0.2, -0.15) is 5.26 Å². The summed E-state index contributed by atoms with van der Waals surface area (Å²) in [6.45, 7) is 7.31. The molecule has 80 valence electrons. The lowest BCUT2D eigenvalue weighted by Gasteiger charge is -2.05. The largest absolute Gasteiger partial charge is 0.392 e. The second kappa shape index (κ2) is 5.69. The van der Waals surface area contributed by atoms with Crippen LogP contribution in [-0.4, -0.2) is 5.11 Å². The molecule has 0 amide bonds. The lowest BCUT2D eigenvalue weighted by Crippen LogP contribution is -1.88. The van der Waals surface area contributed by atoms with Crippen LogP contribution in [0.4, 0.5) is 0 Å². The summed E-state index contributed by atoms with van der Waals surface area (Å²) < 4.78 is 0. The number of benzene rings is 1. The molecule has 2 heteroatoms. The van der Waals surface area contributed by atoms with Crippen LogP contribution >= 0.6 is 0 Å². The van der Waals surface area contributed by atoms with Gasteiger partial charge in [-0.1, -0.05) is 49.6 Å². The maximum absolute atomic E-state index is 8.93. The van der Waals surface area contributed by atoms with E-state index < -0.39 is 0 Å². The van der Waals surface area contributed by atoms with E-state index in [1.165, 1.54) is 0 Å². The molecule has 0 aliphatic heterocycles. The van der Waals surface area contributed by atoms with E-state index in [0.717, 1.165) is 16.7 Å². The van der Waals surface area contributed by atoms with Crippen molar-refractivity contribution in [3.63, 3.8) is 0 Å². The Morgan fingerprint density at radius 1 is 1.38 bits per heavy atom. The molecule has 0 aromatic heterocycles. The van der Waals surface area contributed by atoms with Gasteiger partial charge in [0.05, 0.1) is 18.2 Å². The molecule has 0 aliphatic carbocycles. The zero-order chi connectivity index (χ0) is 12.0. The number of aliphatic hydroxyl groups is 1. The van der Waals surface area contributed by atoms with Crippen LogP contribution in [0.5, 0.6) is 0 Å². The van der Waals surface area contributed by atoms with E-state index in [1.54, 1.807) is 12.2 Å². The number of aliphatic hydroxyl groups excluding tert-OH is 1. The molecule has 0 heterocycles. The Labute approximate surface area is 95.5 Å². The fourth-order valence-corrected chi connectivity index (χ4v) is 1.34.